The summed E-state index contributed by atoms with van der Waals surface area (Å²) in [6.07, 6.45) is 1.25. The summed E-state index contributed by atoms with van der Waals surface area (Å²) in [5, 5.41) is 3.23. The molecule has 0 aromatic rings. The van der Waals surface area contributed by atoms with Crippen LogP contribution < -0.4 is 5.32 Å². The Morgan fingerprint density at radius 3 is 2.23 bits per heavy atom. The minimum Gasteiger partial charge on any atom is -0.319 e. The molecular formula is C11H26N2. The number of nitrogens with one attached hydrogen (secondary N) is 1. The second-order valence-electron chi connectivity index (χ2n) is 4.01. The Morgan fingerprint density at radius 1 is 1.23 bits per heavy atom. The molecule has 0 aliphatic rings. The molecule has 2 atom stereocenters. The highest BCUT2D eigenvalue weighted by Crippen LogP contribution is 2.06. The molecule has 0 radical (unpaired) electrons. The molecule has 0 rings (SSSR count). The highest BCUT2D eigenvalue weighted by Gasteiger charge is 2.12. The lowest BCUT2D eigenvalue weighted by Crippen LogP contribution is -2.38. The van der Waals surface area contributed by atoms with Gasteiger partial charge in [-0.05, 0) is 39.4 Å². The van der Waals surface area contributed by atoms with Crippen LogP contribution in [-0.2, 0) is 0 Å². The largest absolute Gasteiger partial charge is 0.319 e. The maximum Gasteiger partial charge on any atom is 0.00643 e. The Bertz CT molecular complexity index is 115. The van der Waals surface area contributed by atoms with Crippen molar-refractivity contribution < 1.29 is 0 Å². The van der Waals surface area contributed by atoms with E-state index in [0.717, 1.165) is 18.5 Å². The minimum atomic E-state index is 0.726. The van der Waals surface area contributed by atoms with Crippen LogP contribution in [0.25, 0.3) is 0 Å². The lowest BCUT2D eigenvalue weighted by atomic mass is 10.1. The summed E-state index contributed by atoms with van der Waals surface area (Å²) in [6.45, 7) is 12.6. The summed E-state index contributed by atoms with van der Waals surface area (Å²) in [4.78, 5) is 2.56. The Labute approximate surface area is 83.7 Å². The van der Waals surface area contributed by atoms with Crippen molar-refractivity contribution in [1.82, 2.24) is 10.2 Å². The third-order valence-corrected chi connectivity index (χ3v) is 2.72. The SMILES string of the molecule is CCC(C)N(CC)CC(C)CNC. The van der Waals surface area contributed by atoms with Crippen molar-refractivity contribution in [2.45, 2.75) is 40.2 Å². The van der Waals surface area contributed by atoms with Crippen LogP contribution in [0.15, 0.2) is 0 Å². The highest BCUT2D eigenvalue weighted by molar-refractivity contribution is 4.68. The molecule has 0 heterocycles. The normalized spacial score (nSPS) is 16.2. The molecule has 0 fully saturated rings. The molecular weight excluding hydrogens is 160 g/mol. The molecule has 0 aliphatic carbocycles. The molecule has 0 bridgehead atoms. The first-order valence-corrected chi connectivity index (χ1v) is 5.54. The van der Waals surface area contributed by atoms with Crippen molar-refractivity contribution in [3.63, 3.8) is 0 Å². The van der Waals surface area contributed by atoms with Crippen molar-refractivity contribution in [3.8, 4) is 0 Å². The summed E-state index contributed by atoms with van der Waals surface area (Å²) in [5.74, 6) is 0.749. The minimum absolute atomic E-state index is 0.726. The molecule has 0 aromatic heterocycles. The van der Waals surface area contributed by atoms with Crippen molar-refractivity contribution in [2.24, 2.45) is 5.92 Å². The fraction of sp³-hybridized carbons (Fsp3) is 1.00. The highest BCUT2D eigenvalue weighted by atomic mass is 15.1. The van der Waals surface area contributed by atoms with E-state index in [1.807, 2.05) is 7.05 Å². The Hall–Kier alpha value is -0.0800. The molecule has 0 amide bonds. The van der Waals surface area contributed by atoms with Gasteiger partial charge in [0.05, 0.1) is 0 Å². The molecule has 1 N–H and O–H groups in total. The van der Waals surface area contributed by atoms with Crippen LogP contribution in [0.5, 0.6) is 0 Å². The third-order valence-electron chi connectivity index (χ3n) is 2.72. The predicted octanol–water partition coefficient (Wildman–Crippen LogP) is 1.96. The van der Waals surface area contributed by atoms with Gasteiger partial charge in [-0.1, -0.05) is 20.8 Å². The standard InChI is InChI=1S/C11H26N2/c1-6-11(4)13(7-2)9-10(3)8-12-5/h10-12H,6-9H2,1-5H3. The topological polar surface area (TPSA) is 15.3 Å². The first-order chi connectivity index (χ1) is 6.15. The van der Waals surface area contributed by atoms with Crippen molar-refractivity contribution in [1.29, 1.82) is 0 Å². The molecule has 0 saturated carbocycles. The van der Waals surface area contributed by atoms with Gasteiger partial charge < -0.3 is 10.2 Å². The van der Waals surface area contributed by atoms with Crippen LogP contribution >= 0.6 is 0 Å². The van der Waals surface area contributed by atoms with Gasteiger partial charge >= 0.3 is 0 Å². The van der Waals surface area contributed by atoms with Gasteiger partial charge in [0.15, 0.2) is 0 Å². The Balaban J connectivity index is 3.82. The maximum absolute atomic E-state index is 3.23. The summed E-state index contributed by atoms with van der Waals surface area (Å²) in [5.41, 5.74) is 0. The second kappa shape index (κ2) is 7.34. The molecule has 2 nitrogen and oxygen atoms in total. The molecule has 0 saturated heterocycles. The fourth-order valence-electron chi connectivity index (χ4n) is 1.69. The lowest BCUT2D eigenvalue weighted by Gasteiger charge is -2.29. The molecule has 0 spiro atoms. The van der Waals surface area contributed by atoms with Crippen molar-refractivity contribution in [3.05, 3.63) is 0 Å². The van der Waals surface area contributed by atoms with Gasteiger partial charge in [-0.15, -0.1) is 0 Å². The number of rotatable bonds is 7. The van der Waals surface area contributed by atoms with Crippen LogP contribution in [0.4, 0.5) is 0 Å². The van der Waals surface area contributed by atoms with Crippen LogP contribution in [0.3, 0.4) is 0 Å². The van der Waals surface area contributed by atoms with E-state index in [0.29, 0.717) is 0 Å². The van der Waals surface area contributed by atoms with Gasteiger partial charge in [-0.3, -0.25) is 0 Å². The van der Waals surface area contributed by atoms with E-state index in [1.165, 1.54) is 19.5 Å². The summed E-state index contributed by atoms with van der Waals surface area (Å²) in [6, 6.07) is 0.726. The zero-order chi connectivity index (χ0) is 10.3. The van der Waals surface area contributed by atoms with Gasteiger partial charge in [0.2, 0.25) is 0 Å². The zero-order valence-corrected chi connectivity index (χ0v) is 9.93. The van der Waals surface area contributed by atoms with E-state index < -0.39 is 0 Å². The van der Waals surface area contributed by atoms with Gasteiger partial charge in [-0.25, -0.2) is 0 Å². The summed E-state index contributed by atoms with van der Waals surface area (Å²) >= 11 is 0. The second-order valence-corrected chi connectivity index (χ2v) is 4.01. The van der Waals surface area contributed by atoms with Crippen LogP contribution in [-0.4, -0.2) is 37.6 Å². The predicted molar refractivity (Wildman–Crippen MR) is 60.1 cm³/mol. The van der Waals surface area contributed by atoms with Crippen molar-refractivity contribution in [2.75, 3.05) is 26.7 Å². The van der Waals surface area contributed by atoms with E-state index in [9.17, 15) is 0 Å². The molecule has 0 aromatic carbocycles. The molecule has 2 unspecified atom stereocenters. The first-order valence-electron chi connectivity index (χ1n) is 5.54. The van der Waals surface area contributed by atoms with Gasteiger partial charge in [-0.2, -0.15) is 0 Å². The van der Waals surface area contributed by atoms with Crippen molar-refractivity contribution >= 4 is 0 Å². The van der Waals surface area contributed by atoms with E-state index in [2.05, 4.69) is 37.9 Å². The molecule has 80 valence electrons. The van der Waals surface area contributed by atoms with Crippen LogP contribution in [0, 0.1) is 5.92 Å². The quantitative estimate of drug-likeness (QED) is 0.654. The third kappa shape index (κ3) is 5.27. The Morgan fingerprint density at radius 2 is 1.85 bits per heavy atom. The van der Waals surface area contributed by atoms with Gasteiger partial charge in [0.25, 0.3) is 0 Å². The van der Waals surface area contributed by atoms with Crippen LogP contribution in [0.2, 0.25) is 0 Å². The summed E-state index contributed by atoms with van der Waals surface area (Å²) < 4.78 is 0. The first kappa shape index (κ1) is 12.9. The van der Waals surface area contributed by atoms with Crippen LogP contribution in [0.1, 0.15) is 34.1 Å². The van der Waals surface area contributed by atoms with E-state index in [4.69, 9.17) is 0 Å². The Kier molecular flexibility index (Phi) is 7.29. The maximum atomic E-state index is 3.23. The average Bonchev–Trinajstić information content (AvgIpc) is 2.13. The molecule has 0 aliphatic heterocycles. The smallest absolute Gasteiger partial charge is 0.00643 e. The van der Waals surface area contributed by atoms with E-state index >= 15 is 0 Å². The number of hydrogen-bond acceptors (Lipinski definition) is 2. The zero-order valence-electron chi connectivity index (χ0n) is 9.93. The molecule has 13 heavy (non-hydrogen) atoms. The average molecular weight is 186 g/mol. The van der Waals surface area contributed by atoms with E-state index in [-0.39, 0.29) is 0 Å². The fourth-order valence-corrected chi connectivity index (χ4v) is 1.69. The van der Waals surface area contributed by atoms with Gasteiger partial charge in [0, 0.05) is 12.6 Å². The van der Waals surface area contributed by atoms with Gasteiger partial charge in [0.1, 0.15) is 0 Å². The van der Waals surface area contributed by atoms with E-state index in [1.54, 1.807) is 0 Å². The monoisotopic (exact) mass is 186 g/mol. The number of hydrogen-bond donors (Lipinski definition) is 1. The summed E-state index contributed by atoms with van der Waals surface area (Å²) in [7, 11) is 2.02. The number of nitrogens with zero attached hydrogens (tertiary/aromatic N) is 1. The molecule has 2 heteroatoms. The lowest BCUT2D eigenvalue weighted by molar-refractivity contribution is 0.186.